The van der Waals surface area contributed by atoms with E-state index in [9.17, 15) is 9.59 Å². The van der Waals surface area contributed by atoms with Gasteiger partial charge in [-0.3, -0.25) is 0 Å². The predicted octanol–water partition coefficient (Wildman–Crippen LogP) is 3.01. The van der Waals surface area contributed by atoms with Gasteiger partial charge in [-0.15, -0.1) is 0 Å². The number of rotatable bonds is 6. The molecule has 3 heterocycles. The molecule has 0 fully saturated rings. The Bertz CT molecular complexity index is 1310. The highest BCUT2D eigenvalue weighted by Crippen LogP contribution is 2.29. The zero-order valence-corrected chi connectivity index (χ0v) is 17.5. The first kappa shape index (κ1) is 21.0. The molecule has 0 spiro atoms. The summed E-state index contributed by atoms with van der Waals surface area (Å²) in [6.07, 6.45) is 0. The molecular weight excluding hydrogens is 418 g/mol. The fraction of sp³-hybridized carbons (Fsp3) is 0.238. The number of furan rings is 1. The summed E-state index contributed by atoms with van der Waals surface area (Å²) in [4.78, 5) is 37.1. The minimum atomic E-state index is -0.580. The van der Waals surface area contributed by atoms with Gasteiger partial charge in [-0.2, -0.15) is 9.97 Å². The molecule has 1 aromatic carbocycles. The molecule has 0 saturated heterocycles. The zero-order chi connectivity index (χ0) is 22.8. The second kappa shape index (κ2) is 8.46. The predicted molar refractivity (Wildman–Crippen MR) is 111 cm³/mol. The molecule has 0 atom stereocenters. The number of carbonyl (C=O) groups is 2. The van der Waals surface area contributed by atoms with Crippen molar-refractivity contribution in [3.8, 4) is 11.5 Å². The van der Waals surface area contributed by atoms with Crippen molar-refractivity contribution in [2.75, 3.05) is 12.3 Å². The zero-order valence-electron chi connectivity index (χ0n) is 17.5. The molecule has 0 amide bonds. The number of nitrogens with zero attached hydrogens (tertiary/aromatic N) is 4. The molecule has 0 saturated carbocycles. The van der Waals surface area contributed by atoms with E-state index in [1.807, 2.05) is 0 Å². The number of benzene rings is 1. The van der Waals surface area contributed by atoms with Crippen molar-refractivity contribution in [3.63, 3.8) is 0 Å². The number of esters is 2. The lowest BCUT2D eigenvalue weighted by atomic mass is 10.1. The highest BCUT2D eigenvalue weighted by Gasteiger charge is 2.24. The van der Waals surface area contributed by atoms with Crippen molar-refractivity contribution >= 4 is 28.9 Å². The van der Waals surface area contributed by atoms with Gasteiger partial charge in [0.2, 0.25) is 5.71 Å². The van der Waals surface area contributed by atoms with Crippen molar-refractivity contribution in [1.82, 2.24) is 20.1 Å². The molecule has 0 aliphatic carbocycles. The van der Waals surface area contributed by atoms with Gasteiger partial charge in [-0.1, -0.05) is 5.16 Å². The Kier molecular flexibility index (Phi) is 5.54. The van der Waals surface area contributed by atoms with Crippen LogP contribution in [0.15, 0.2) is 33.2 Å². The highest BCUT2D eigenvalue weighted by atomic mass is 16.5. The van der Waals surface area contributed by atoms with Gasteiger partial charge < -0.3 is 24.1 Å². The number of aromatic nitrogens is 4. The van der Waals surface area contributed by atoms with E-state index >= 15 is 0 Å². The van der Waals surface area contributed by atoms with Crippen LogP contribution in [0.4, 0.5) is 5.82 Å². The molecule has 4 aromatic rings. The van der Waals surface area contributed by atoms with E-state index in [0.29, 0.717) is 28.6 Å². The van der Waals surface area contributed by atoms with Crippen molar-refractivity contribution in [1.29, 1.82) is 0 Å². The molecule has 3 aromatic heterocycles. The average Bonchev–Trinajstić information content (AvgIpc) is 3.35. The number of nitrogen functional groups attached to an aromatic ring is 1. The maximum atomic E-state index is 12.4. The molecule has 2 N–H and O–H groups in total. The average molecular weight is 437 g/mol. The van der Waals surface area contributed by atoms with E-state index in [2.05, 4.69) is 20.1 Å². The number of hydrogen-bond acceptors (Lipinski definition) is 11. The maximum Gasteiger partial charge on any atom is 0.342 e. The smallest absolute Gasteiger partial charge is 0.342 e. The number of ether oxygens (including phenoxy) is 2. The van der Waals surface area contributed by atoms with Crippen LogP contribution >= 0.6 is 0 Å². The van der Waals surface area contributed by atoms with Crippen LogP contribution < -0.4 is 5.73 Å². The summed E-state index contributed by atoms with van der Waals surface area (Å²) in [5.74, 6) is 0.188. The van der Waals surface area contributed by atoms with E-state index < -0.39 is 11.9 Å². The van der Waals surface area contributed by atoms with Crippen LogP contribution in [0.2, 0.25) is 0 Å². The number of aryl methyl sites for hydroxylation is 2. The van der Waals surface area contributed by atoms with E-state index in [0.717, 1.165) is 0 Å². The van der Waals surface area contributed by atoms with Crippen molar-refractivity contribution in [2.24, 2.45) is 0 Å². The first-order valence-corrected chi connectivity index (χ1v) is 9.67. The molecule has 11 nitrogen and oxygen atoms in total. The van der Waals surface area contributed by atoms with E-state index in [1.54, 1.807) is 45.0 Å². The molecule has 0 aliphatic heterocycles. The Morgan fingerprint density at radius 3 is 2.44 bits per heavy atom. The van der Waals surface area contributed by atoms with Crippen LogP contribution in [-0.4, -0.2) is 38.7 Å². The SMILES string of the molecule is CCOC(=O)c1c(C)oc2nc(COC(=O)c3ccc(-c4nc(C)no4)cc3)nc(N)c12. The van der Waals surface area contributed by atoms with Crippen molar-refractivity contribution < 1.29 is 28.0 Å². The van der Waals surface area contributed by atoms with E-state index in [4.69, 9.17) is 24.1 Å². The minimum absolute atomic E-state index is 0.0279. The molecule has 164 valence electrons. The van der Waals surface area contributed by atoms with Crippen molar-refractivity contribution in [2.45, 2.75) is 27.4 Å². The Morgan fingerprint density at radius 1 is 1.03 bits per heavy atom. The third kappa shape index (κ3) is 4.00. The molecule has 0 radical (unpaired) electrons. The molecule has 32 heavy (non-hydrogen) atoms. The highest BCUT2D eigenvalue weighted by molar-refractivity contribution is 6.07. The van der Waals surface area contributed by atoms with Gasteiger partial charge in [0.15, 0.2) is 18.3 Å². The quantitative estimate of drug-likeness (QED) is 0.442. The Labute approximate surface area is 181 Å². The fourth-order valence-electron chi connectivity index (χ4n) is 3.07. The van der Waals surface area contributed by atoms with Gasteiger partial charge in [0.05, 0.1) is 17.6 Å². The topological polar surface area (TPSA) is 156 Å². The van der Waals surface area contributed by atoms with Crippen LogP contribution in [0.25, 0.3) is 22.6 Å². The lowest BCUT2D eigenvalue weighted by Gasteiger charge is -2.06. The van der Waals surface area contributed by atoms with Crippen LogP contribution in [-0.2, 0) is 16.1 Å². The lowest BCUT2D eigenvalue weighted by molar-refractivity contribution is 0.0461. The first-order valence-electron chi connectivity index (χ1n) is 9.67. The second-order valence-electron chi connectivity index (χ2n) is 6.76. The summed E-state index contributed by atoms with van der Waals surface area (Å²) in [7, 11) is 0. The summed E-state index contributed by atoms with van der Waals surface area (Å²) >= 11 is 0. The van der Waals surface area contributed by atoms with Crippen LogP contribution in [0.3, 0.4) is 0 Å². The van der Waals surface area contributed by atoms with Crippen LogP contribution in [0, 0.1) is 13.8 Å². The molecule has 0 aliphatic rings. The maximum absolute atomic E-state index is 12.4. The Morgan fingerprint density at radius 2 is 1.78 bits per heavy atom. The molecular formula is C21H19N5O6. The largest absolute Gasteiger partial charge is 0.462 e. The second-order valence-corrected chi connectivity index (χ2v) is 6.76. The lowest BCUT2D eigenvalue weighted by Crippen LogP contribution is -2.10. The van der Waals surface area contributed by atoms with Gasteiger partial charge in [0, 0.05) is 5.56 Å². The summed E-state index contributed by atoms with van der Waals surface area (Å²) in [5.41, 5.74) is 7.30. The summed E-state index contributed by atoms with van der Waals surface area (Å²) in [5, 5.41) is 4.00. The van der Waals surface area contributed by atoms with Gasteiger partial charge in [-0.05, 0) is 45.0 Å². The molecule has 0 unspecified atom stereocenters. The summed E-state index contributed by atoms with van der Waals surface area (Å²) in [6.45, 7) is 4.98. The number of hydrogen-bond donors (Lipinski definition) is 1. The Hall–Kier alpha value is -4.28. The normalized spacial score (nSPS) is 11.0. The third-order valence-corrected chi connectivity index (χ3v) is 4.51. The number of fused-ring (bicyclic) bond motifs is 1. The first-order chi connectivity index (χ1) is 15.4. The fourth-order valence-corrected chi connectivity index (χ4v) is 3.07. The van der Waals surface area contributed by atoms with Crippen molar-refractivity contribution in [3.05, 3.63) is 52.8 Å². The van der Waals surface area contributed by atoms with Gasteiger partial charge in [0.25, 0.3) is 5.89 Å². The van der Waals surface area contributed by atoms with Gasteiger partial charge in [0.1, 0.15) is 17.1 Å². The van der Waals surface area contributed by atoms with E-state index in [-0.39, 0.29) is 41.5 Å². The third-order valence-electron chi connectivity index (χ3n) is 4.51. The number of anilines is 1. The molecule has 11 heteroatoms. The Balaban J connectivity index is 1.49. The standard InChI is InChI=1S/C21H19N5O6/c1-4-29-21(28)15-10(2)31-19-16(15)17(22)24-14(25-19)9-30-20(27)13-7-5-12(6-8-13)18-23-11(3)26-32-18/h5-8H,4,9H2,1-3H3,(H2,22,24,25). The molecule has 0 bridgehead atoms. The number of carbonyl (C=O) groups excluding carboxylic acids is 2. The van der Waals surface area contributed by atoms with Gasteiger partial charge in [-0.25, -0.2) is 14.6 Å². The van der Waals surface area contributed by atoms with Crippen LogP contribution in [0.5, 0.6) is 0 Å². The van der Waals surface area contributed by atoms with Crippen LogP contribution in [0.1, 0.15) is 45.0 Å². The summed E-state index contributed by atoms with van der Waals surface area (Å²) < 4.78 is 21.0. The summed E-state index contributed by atoms with van der Waals surface area (Å²) in [6, 6.07) is 6.51. The minimum Gasteiger partial charge on any atom is -0.462 e. The number of nitrogens with two attached hydrogens (primary N) is 1. The molecule has 4 rings (SSSR count). The monoisotopic (exact) mass is 437 g/mol. The van der Waals surface area contributed by atoms with E-state index in [1.165, 1.54) is 0 Å². The van der Waals surface area contributed by atoms with Gasteiger partial charge >= 0.3 is 11.9 Å².